The van der Waals surface area contributed by atoms with E-state index in [1.807, 2.05) is 6.92 Å². The van der Waals surface area contributed by atoms with Gasteiger partial charge >= 0.3 is 0 Å². The number of amides is 2. The van der Waals surface area contributed by atoms with Crippen molar-refractivity contribution in [1.29, 1.82) is 0 Å². The van der Waals surface area contributed by atoms with Crippen LogP contribution in [0.1, 0.15) is 31.2 Å². The van der Waals surface area contributed by atoms with Gasteiger partial charge in [0.2, 0.25) is 21.8 Å². The van der Waals surface area contributed by atoms with Gasteiger partial charge < -0.3 is 15.4 Å². The summed E-state index contributed by atoms with van der Waals surface area (Å²) >= 11 is 0. The van der Waals surface area contributed by atoms with Crippen molar-refractivity contribution in [3.05, 3.63) is 29.8 Å². The van der Waals surface area contributed by atoms with Crippen LogP contribution in [-0.2, 0) is 24.3 Å². The molecule has 2 fully saturated rings. The molecule has 1 aliphatic heterocycles. The Hall–Kier alpha value is -2.01. The van der Waals surface area contributed by atoms with E-state index in [0.29, 0.717) is 25.9 Å². The fourth-order valence-corrected chi connectivity index (χ4v) is 5.33. The van der Waals surface area contributed by atoms with Crippen LogP contribution in [0.2, 0.25) is 0 Å². The lowest BCUT2D eigenvalue weighted by molar-refractivity contribution is -0.129. The van der Waals surface area contributed by atoms with E-state index in [-0.39, 0.29) is 35.1 Å². The van der Waals surface area contributed by atoms with Crippen molar-refractivity contribution in [3.63, 3.8) is 0 Å². The van der Waals surface area contributed by atoms with Crippen LogP contribution in [0.4, 0.5) is 0 Å². The Balaban J connectivity index is 1.30. The molecule has 1 aromatic rings. The average molecular weight is 481 g/mol. The minimum atomic E-state index is -3.52. The molecule has 3 N–H and O–H groups in total. The maximum Gasteiger partial charge on any atom is 0.240 e. The first kappa shape index (κ1) is 25.6. The molecule has 3 rings (SSSR count). The lowest BCUT2D eigenvalue weighted by Crippen LogP contribution is -2.44. The molecule has 0 atom stereocenters. The largest absolute Gasteiger partial charge is 0.379 e. The molecular formula is C23H36N4O5S. The average Bonchev–Trinajstić information content (AvgIpc) is 2.82. The molecule has 0 aromatic heterocycles. The number of carbonyl (C=O) groups is 2. The first-order valence-electron chi connectivity index (χ1n) is 11.7. The predicted octanol–water partition coefficient (Wildman–Crippen LogP) is 0.644. The summed E-state index contributed by atoms with van der Waals surface area (Å²) in [5.74, 6) is -0.207. The lowest BCUT2D eigenvalue weighted by atomic mass is 9.81. The molecular weight excluding hydrogens is 444 g/mol. The summed E-state index contributed by atoms with van der Waals surface area (Å²) in [6.07, 6.45) is 2.95. The smallest absolute Gasteiger partial charge is 0.240 e. The molecule has 0 unspecified atom stereocenters. The van der Waals surface area contributed by atoms with Crippen molar-refractivity contribution < 1.29 is 22.7 Å². The zero-order chi connectivity index (χ0) is 23.7. The minimum Gasteiger partial charge on any atom is -0.379 e. The van der Waals surface area contributed by atoms with Crippen molar-refractivity contribution in [2.75, 3.05) is 52.5 Å². The molecule has 33 heavy (non-hydrogen) atoms. The summed E-state index contributed by atoms with van der Waals surface area (Å²) in [5, 5.41) is 5.58. The molecule has 2 amide bonds. The number of benzene rings is 1. The van der Waals surface area contributed by atoms with E-state index in [1.165, 1.54) is 0 Å². The molecule has 184 valence electrons. The standard InChI is InChI=1S/C23H36N4O5S/c1-18-2-8-21(9-3-18)33(30,31)26-16-19-4-6-20(7-5-19)23(29)25-17-22(28)24-10-11-27-12-14-32-15-13-27/h2-3,8-9,19-20,26H,4-7,10-17H2,1H3,(H,24,28)(H,25,29). The number of carbonyl (C=O) groups excluding carboxylic acids is 2. The van der Waals surface area contributed by atoms with Crippen LogP contribution in [0.5, 0.6) is 0 Å². The first-order chi connectivity index (χ1) is 15.8. The molecule has 1 aromatic carbocycles. The Kier molecular flexibility index (Phi) is 9.66. The lowest BCUT2D eigenvalue weighted by Gasteiger charge is -2.28. The third-order valence-corrected chi connectivity index (χ3v) is 7.83. The van der Waals surface area contributed by atoms with Crippen molar-refractivity contribution in [2.24, 2.45) is 11.8 Å². The van der Waals surface area contributed by atoms with Gasteiger partial charge in [0.15, 0.2) is 0 Å². The van der Waals surface area contributed by atoms with Crippen LogP contribution < -0.4 is 15.4 Å². The van der Waals surface area contributed by atoms with Gasteiger partial charge in [-0.3, -0.25) is 14.5 Å². The highest BCUT2D eigenvalue weighted by atomic mass is 32.2. The van der Waals surface area contributed by atoms with Crippen LogP contribution in [0.3, 0.4) is 0 Å². The third kappa shape index (κ3) is 8.37. The number of nitrogens with zero attached hydrogens (tertiary/aromatic N) is 1. The SMILES string of the molecule is Cc1ccc(S(=O)(=O)NCC2CCC(C(=O)NCC(=O)NCCN3CCOCC3)CC2)cc1. The Morgan fingerprint density at radius 2 is 1.70 bits per heavy atom. The minimum absolute atomic E-state index is 0.0157. The van der Waals surface area contributed by atoms with Gasteiger partial charge in [-0.1, -0.05) is 17.7 Å². The summed E-state index contributed by atoms with van der Waals surface area (Å²) in [5.41, 5.74) is 1.01. The second kappa shape index (κ2) is 12.5. The van der Waals surface area contributed by atoms with Crippen molar-refractivity contribution in [2.45, 2.75) is 37.5 Å². The van der Waals surface area contributed by atoms with E-state index in [2.05, 4.69) is 20.3 Å². The summed E-state index contributed by atoms with van der Waals surface area (Å²) in [7, 11) is -3.52. The first-order valence-corrected chi connectivity index (χ1v) is 13.2. The van der Waals surface area contributed by atoms with E-state index < -0.39 is 10.0 Å². The molecule has 1 saturated carbocycles. The van der Waals surface area contributed by atoms with Gasteiger partial charge in [0, 0.05) is 38.6 Å². The van der Waals surface area contributed by atoms with E-state index in [1.54, 1.807) is 24.3 Å². The van der Waals surface area contributed by atoms with Crippen LogP contribution in [0.25, 0.3) is 0 Å². The van der Waals surface area contributed by atoms with Gasteiger partial charge in [-0.15, -0.1) is 0 Å². The molecule has 0 radical (unpaired) electrons. The van der Waals surface area contributed by atoms with Crippen molar-refractivity contribution >= 4 is 21.8 Å². The molecule has 1 aliphatic carbocycles. The van der Waals surface area contributed by atoms with Gasteiger partial charge in [-0.2, -0.15) is 0 Å². The zero-order valence-electron chi connectivity index (χ0n) is 19.3. The zero-order valence-corrected chi connectivity index (χ0v) is 20.2. The molecule has 0 bridgehead atoms. The highest BCUT2D eigenvalue weighted by molar-refractivity contribution is 7.89. The fraction of sp³-hybridized carbons (Fsp3) is 0.652. The van der Waals surface area contributed by atoms with Gasteiger partial charge in [-0.05, 0) is 50.7 Å². The normalized spacial score (nSPS) is 22.0. The van der Waals surface area contributed by atoms with Gasteiger partial charge in [-0.25, -0.2) is 13.1 Å². The van der Waals surface area contributed by atoms with E-state index >= 15 is 0 Å². The van der Waals surface area contributed by atoms with E-state index in [4.69, 9.17) is 4.74 Å². The molecule has 0 spiro atoms. The maximum absolute atomic E-state index is 12.5. The number of nitrogens with one attached hydrogen (secondary N) is 3. The van der Waals surface area contributed by atoms with Crippen LogP contribution in [0, 0.1) is 18.8 Å². The van der Waals surface area contributed by atoms with Gasteiger partial charge in [0.25, 0.3) is 0 Å². The molecule has 9 nitrogen and oxygen atoms in total. The summed E-state index contributed by atoms with van der Waals surface area (Å²) < 4.78 is 32.9. The van der Waals surface area contributed by atoms with Gasteiger partial charge in [0.1, 0.15) is 0 Å². The van der Waals surface area contributed by atoms with E-state index in [0.717, 1.165) is 51.3 Å². The number of aryl methyl sites for hydroxylation is 1. The maximum atomic E-state index is 12.5. The Morgan fingerprint density at radius 3 is 2.36 bits per heavy atom. The Bertz CT molecular complexity index is 877. The molecule has 1 heterocycles. The number of ether oxygens (including phenoxy) is 1. The van der Waals surface area contributed by atoms with Crippen molar-refractivity contribution in [3.8, 4) is 0 Å². The fourth-order valence-electron chi connectivity index (χ4n) is 4.21. The quantitative estimate of drug-likeness (QED) is 0.453. The summed E-state index contributed by atoms with van der Waals surface area (Å²) in [4.78, 5) is 26.9. The van der Waals surface area contributed by atoms with Gasteiger partial charge in [0.05, 0.1) is 24.7 Å². The number of sulfonamides is 1. The topological polar surface area (TPSA) is 117 Å². The number of morpholine rings is 1. The Labute approximate surface area is 196 Å². The molecule has 10 heteroatoms. The monoisotopic (exact) mass is 480 g/mol. The highest BCUT2D eigenvalue weighted by Gasteiger charge is 2.27. The van der Waals surface area contributed by atoms with Crippen LogP contribution >= 0.6 is 0 Å². The van der Waals surface area contributed by atoms with Crippen LogP contribution in [0.15, 0.2) is 29.2 Å². The Morgan fingerprint density at radius 1 is 1.03 bits per heavy atom. The molecule has 2 aliphatic rings. The summed E-state index contributed by atoms with van der Waals surface area (Å²) in [6.45, 7) is 6.81. The van der Waals surface area contributed by atoms with Crippen molar-refractivity contribution in [1.82, 2.24) is 20.3 Å². The number of hydrogen-bond donors (Lipinski definition) is 3. The second-order valence-electron chi connectivity index (χ2n) is 8.90. The predicted molar refractivity (Wildman–Crippen MR) is 125 cm³/mol. The second-order valence-corrected chi connectivity index (χ2v) is 10.7. The number of hydrogen-bond acceptors (Lipinski definition) is 6. The third-order valence-electron chi connectivity index (χ3n) is 6.39. The molecule has 1 saturated heterocycles. The highest BCUT2D eigenvalue weighted by Crippen LogP contribution is 2.28. The van der Waals surface area contributed by atoms with Crippen LogP contribution in [-0.4, -0.2) is 77.6 Å². The summed E-state index contributed by atoms with van der Waals surface area (Å²) in [6, 6.07) is 6.78. The number of rotatable bonds is 10. The van der Waals surface area contributed by atoms with E-state index in [9.17, 15) is 18.0 Å².